The van der Waals surface area contributed by atoms with E-state index in [1.54, 1.807) is 42.0 Å². The van der Waals surface area contributed by atoms with Crippen molar-refractivity contribution in [3.8, 4) is 5.75 Å². The zero-order valence-electron chi connectivity index (χ0n) is 12.3. The largest absolute Gasteiger partial charge is 0.479 e. The number of rotatable bonds is 3. The summed E-state index contributed by atoms with van der Waals surface area (Å²) in [7, 11) is 1.70. The summed E-state index contributed by atoms with van der Waals surface area (Å²) in [6, 6.07) is 5.22. The van der Waals surface area contributed by atoms with Crippen molar-refractivity contribution >= 4 is 17.5 Å². The molecule has 1 aromatic carbocycles. The first-order chi connectivity index (χ1) is 9.49. The van der Waals surface area contributed by atoms with E-state index in [0.717, 1.165) is 0 Å². The molecule has 0 N–H and O–H groups in total. The van der Waals surface area contributed by atoms with Gasteiger partial charge in [-0.15, -0.1) is 0 Å². The molecule has 0 aromatic heterocycles. The molecule has 1 heterocycles. The van der Waals surface area contributed by atoms with Gasteiger partial charge in [0.1, 0.15) is 5.75 Å². The molecule has 1 aromatic rings. The predicted molar refractivity (Wildman–Crippen MR) is 77.2 cm³/mol. The van der Waals surface area contributed by atoms with Crippen LogP contribution < -0.4 is 9.64 Å². The van der Waals surface area contributed by atoms with Crippen molar-refractivity contribution in [2.45, 2.75) is 26.9 Å². The van der Waals surface area contributed by atoms with Gasteiger partial charge in [-0.05, 0) is 39.0 Å². The lowest BCUT2D eigenvalue weighted by Gasteiger charge is -2.30. The maximum atomic E-state index is 12.3. The summed E-state index contributed by atoms with van der Waals surface area (Å²) in [6.07, 6.45) is -0.489. The summed E-state index contributed by atoms with van der Waals surface area (Å²) in [6.45, 7) is 6.93. The fraction of sp³-hybridized carbons (Fsp3) is 0.467. The minimum atomic E-state index is -0.489. The van der Waals surface area contributed by atoms with Crippen LogP contribution in [-0.4, -0.2) is 43.0 Å². The van der Waals surface area contributed by atoms with Gasteiger partial charge in [0.05, 0.1) is 5.69 Å². The lowest BCUT2D eigenvalue weighted by atomic mass is 10.1. The van der Waals surface area contributed by atoms with Gasteiger partial charge in [0.2, 0.25) is 0 Å². The summed E-state index contributed by atoms with van der Waals surface area (Å²) in [5, 5.41) is 0. The number of carbonyl (C=O) groups is 2. The van der Waals surface area contributed by atoms with E-state index >= 15 is 0 Å². The van der Waals surface area contributed by atoms with E-state index in [2.05, 4.69) is 0 Å². The van der Waals surface area contributed by atoms with Crippen LogP contribution in [0.15, 0.2) is 18.2 Å². The molecule has 1 unspecified atom stereocenters. The van der Waals surface area contributed by atoms with Crippen LogP contribution in [0.1, 0.15) is 31.1 Å². The summed E-state index contributed by atoms with van der Waals surface area (Å²) in [4.78, 5) is 27.5. The van der Waals surface area contributed by atoms with Gasteiger partial charge in [-0.3, -0.25) is 9.59 Å². The van der Waals surface area contributed by atoms with Crippen molar-refractivity contribution < 1.29 is 14.3 Å². The van der Waals surface area contributed by atoms with Crippen molar-refractivity contribution in [3.05, 3.63) is 23.8 Å². The van der Waals surface area contributed by atoms with Gasteiger partial charge >= 0.3 is 0 Å². The first-order valence-corrected chi connectivity index (χ1v) is 6.87. The van der Waals surface area contributed by atoms with Gasteiger partial charge < -0.3 is 14.5 Å². The molecule has 108 valence electrons. The number of carbonyl (C=O) groups excluding carboxylic acids is 2. The van der Waals surface area contributed by atoms with Gasteiger partial charge in [0.15, 0.2) is 6.10 Å². The van der Waals surface area contributed by atoms with Crippen molar-refractivity contribution in [3.63, 3.8) is 0 Å². The highest BCUT2D eigenvalue weighted by Gasteiger charge is 2.29. The second-order valence-corrected chi connectivity index (χ2v) is 4.82. The molecule has 2 amide bonds. The number of nitrogens with zero attached hydrogens (tertiary/aromatic N) is 2. The van der Waals surface area contributed by atoms with Gasteiger partial charge in [-0.1, -0.05) is 0 Å². The van der Waals surface area contributed by atoms with Gasteiger partial charge in [-0.25, -0.2) is 0 Å². The number of ether oxygens (including phenoxy) is 1. The first-order valence-electron chi connectivity index (χ1n) is 6.87. The molecular weight excluding hydrogens is 256 g/mol. The number of benzene rings is 1. The molecule has 0 fully saturated rings. The van der Waals surface area contributed by atoms with Crippen LogP contribution in [0.2, 0.25) is 0 Å². The fourth-order valence-corrected chi connectivity index (χ4v) is 2.34. The smallest absolute Gasteiger partial charge is 0.267 e. The van der Waals surface area contributed by atoms with E-state index in [-0.39, 0.29) is 11.8 Å². The highest BCUT2D eigenvalue weighted by molar-refractivity contribution is 6.02. The summed E-state index contributed by atoms with van der Waals surface area (Å²) in [5.74, 6) is 0.498. The van der Waals surface area contributed by atoms with Crippen LogP contribution >= 0.6 is 0 Å². The molecule has 0 saturated carbocycles. The average Bonchev–Trinajstić information content (AvgIpc) is 2.46. The standard InChI is InChI=1S/C15H20N2O3/c1-5-17(6-2)15(19)11-7-8-13-12(9-11)16(4)14(18)10(3)20-13/h7-10H,5-6H2,1-4H3. The molecule has 2 rings (SSSR count). The Hall–Kier alpha value is -2.04. The second-order valence-electron chi connectivity index (χ2n) is 4.82. The van der Waals surface area contributed by atoms with Gasteiger partial charge in [0.25, 0.3) is 11.8 Å². The van der Waals surface area contributed by atoms with E-state index in [9.17, 15) is 9.59 Å². The van der Waals surface area contributed by atoms with Crippen LogP contribution in [-0.2, 0) is 4.79 Å². The normalized spacial score (nSPS) is 17.5. The first kappa shape index (κ1) is 14.4. The molecule has 0 saturated heterocycles. The monoisotopic (exact) mass is 276 g/mol. The van der Waals surface area contributed by atoms with Crippen molar-refractivity contribution in [1.29, 1.82) is 0 Å². The summed E-state index contributed by atoms with van der Waals surface area (Å²) >= 11 is 0. The van der Waals surface area contributed by atoms with Crippen LogP contribution in [0.5, 0.6) is 5.75 Å². The lowest BCUT2D eigenvalue weighted by Crippen LogP contribution is -2.42. The Morgan fingerprint density at radius 1 is 1.35 bits per heavy atom. The molecule has 0 spiro atoms. The van der Waals surface area contributed by atoms with E-state index in [4.69, 9.17) is 4.74 Å². The van der Waals surface area contributed by atoms with Crippen molar-refractivity contribution in [1.82, 2.24) is 4.90 Å². The zero-order valence-corrected chi connectivity index (χ0v) is 12.3. The highest BCUT2D eigenvalue weighted by Crippen LogP contribution is 2.34. The third-order valence-corrected chi connectivity index (χ3v) is 3.60. The number of likely N-dealkylation sites (N-methyl/N-ethyl adjacent to an activating group) is 1. The Morgan fingerprint density at radius 3 is 2.60 bits per heavy atom. The number of amides is 2. The molecule has 0 radical (unpaired) electrons. The predicted octanol–water partition coefficient (Wildman–Crippen LogP) is 1.91. The Morgan fingerprint density at radius 2 is 2.00 bits per heavy atom. The van der Waals surface area contributed by atoms with Crippen molar-refractivity contribution in [2.24, 2.45) is 0 Å². The van der Waals surface area contributed by atoms with E-state index in [1.807, 2.05) is 13.8 Å². The Bertz CT molecular complexity index is 538. The third kappa shape index (κ3) is 2.35. The Labute approximate surface area is 119 Å². The molecule has 0 bridgehead atoms. The number of anilines is 1. The topological polar surface area (TPSA) is 49.9 Å². The molecule has 1 atom stereocenters. The third-order valence-electron chi connectivity index (χ3n) is 3.60. The van der Waals surface area contributed by atoms with Crippen LogP contribution in [0.3, 0.4) is 0 Å². The number of fused-ring (bicyclic) bond motifs is 1. The minimum absolute atomic E-state index is 0.0303. The molecular formula is C15H20N2O3. The number of hydrogen-bond acceptors (Lipinski definition) is 3. The molecule has 1 aliphatic heterocycles. The average molecular weight is 276 g/mol. The summed E-state index contributed by atoms with van der Waals surface area (Å²) in [5.41, 5.74) is 1.22. The maximum Gasteiger partial charge on any atom is 0.267 e. The maximum absolute atomic E-state index is 12.3. The minimum Gasteiger partial charge on any atom is -0.479 e. The number of hydrogen-bond donors (Lipinski definition) is 0. The molecule has 0 aliphatic carbocycles. The Balaban J connectivity index is 2.37. The van der Waals surface area contributed by atoms with Crippen LogP contribution in [0.4, 0.5) is 5.69 Å². The van der Waals surface area contributed by atoms with Crippen LogP contribution in [0, 0.1) is 0 Å². The molecule has 20 heavy (non-hydrogen) atoms. The zero-order chi connectivity index (χ0) is 14.9. The molecule has 5 nitrogen and oxygen atoms in total. The lowest BCUT2D eigenvalue weighted by molar-refractivity contribution is -0.125. The second kappa shape index (κ2) is 5.53. The fourth-order valence-electron chi connectivity index (χ4n) is 2.34. The van der Waals surface area contributed by atoms with Crippen molar-refractivity contribution in [2.75, 3.05) is 25.0 Å². The SMILES string of the molecule is CCN(CC)C(=O)c1ccc2c(c1)N(C)C(=O)C(C)O2. The molecule has 1 aliphatic rings. The Kier molecular flexibility index (Phi) is 3.97. The summed E-state index contributed by atoms with van der Waals surface area (Å²) < 4.78 is 5.55. The van der Waals surface area contributed by atoms with E-state index in [1.165, 1.54) is 0 Å². The van der Waals surface area contributed by atoms with Gasteiger partial charge in [0, 0.05) is 25.7 Å². The molecule has 5 heteroatoms. The van der Waals surface area contributed by atoms with E-state index in [0.29, 0.717) is 30.1 Å². The quantitative estimate of drug-likeness (QED) is 0.847. The van der Waals surface area contributed by atoms with Gasteiger partial charge in [-0.2, -0.15) is 0 Å². The van der Waals surface area contributed by atoms with Crippen LogP contribution in [0.25, 0.3) is 0 Å². The van der Waals surface area contributed by atoms with E-state index < -0.39 is 6.10 Å². The highest BCUT2D eigenvalue weighted by atomic mass is 16.5.